The molecule has 3 N–H and O–H groups in total. The molecule has 2 aromatic carbocycles. The molecule has 2 amide bonds. The molecule has 132 valence electrons. The van der Waals surface area contributed by atoms with Gasteiger partial charge in [0.25, 0.3) is 5.91 Å². The van der Waals surface area contributed by atoms with Gasteiger partial charge >= 0.3 is 0 Å². The first-order valence-corrected chi connectivity index (χ1v) is 8.06. The van der Waals surface area contributed by atoms with Gasteiger partial charge in [0.1, 0.15) is 5.75 Å². The number of methoxy groups -OCH3 is 1. The van der Waals surface area contributed by atoms with Crippen LogP contribution in [0.4, 0.5) is 5.69 Å². The molecule has 7 heteroatoms. The quantitative estimate of drug-likeness (QED) is 0.707. The maximum atomic E-state index is 11.9. The van der Waals surface area contributed by atoms with Gasteiger partial charge < -0.3 is 20.7 Å². The third-order valence-corrected chi connectivity index (χ3v) is 3.83. The van der Waals surface area contributed by atoms with Gasteiger partial charge in [0.15, 0.2) is 0 Å². The van der Waals surface area contributed by atoms with Gasteiger partial charge in [-0.1, -0.05) is 23.7 Å². The Morgan fingerprint density at radius 3 is 2.64 bits per heavy atom. The summed E-state index contributed by atoms with van der Waals surface area (Å²) in [6.07, 6.45) is 0. The molecule has 0 spiro atoms. The summed E-state index contributed by atoms with van der Waals surface area (Å²) in [5.74, 6) is 0.331. The van der Waals surface area contributed by atoms with E-state index in [9.17, 15) is 9.59 Å². The van der Waals surface area contributed by atoms with E-state index in [1.807, 2.05) is 24.3 Å². The first kappa shape index (κ1) is 18.6. The van der Waals surface area contributed by atoms with Crippen LogP contribution in [0.1, 0.15) is 15.9 Å². The van der Waals surface area contributed by atoms with Crippen molar-refractivity contribution in [2.45, 2.75) is 6.54 Å². The van der Waals surface area contributed by atoms with Gasteiger partial charge in [-0.2, -0.15) is 0 Å². The van der Waals surface area contributed by atoms with Crippen molar-refractivity contribution < 1.29 is 14.3 Å². The molecule has 0 aromatic heterocycles. The first-order valence-electron chi connectivity index (χ1n) is 7.68. The lowest BCUT2D eigenvalue weighted by Gasteiger charge is -2.10. The maximum absolute atomic E-state index is 11.9. The molecular weight excluding hydrogens is 342 g/mol. The molecule has 2 rings (SSSR count). The molecule has 0 bridgehead atoms. The van der Waals surface area contributed by atoms with E-state index >= 15 is 0 Å². The molecule has 0 aliphatic rings. The van der Waals surface area contributed by atoms with Crippen LogP contribution in [0.3, 0.4) is 0 Å². The number of hydrogen-bond acceptors (Lipinski definition) is 4. The van der Waals surface area contributed by atoms with Gasteiger partial charge in [-0.25, -0.2) is 0 Å². The zero-order valence-electron chi connectivity index (χ0n) is 14.1. The minimum atomic E-state index is -0.257. The number of benzene rings is 2. The molecule has 0 fully saturated rings. The van der Waals surface area contributed by atoms with Gasteiger partial charge in [0, 0.05) is 19.3 Å². The number of ether oxygens (including phenoxy) is 1. The van der Waals surface area contributed by atoms with E-state index in [1.165, 1.54) is 7.05 Å². The summed E-state index contributed by atoms with van der Waals surface area (Å²) in [7, 11) is 3.14. The van der Waals surface area contributed by atoms with Crippen LogP contribution in [-0.4, -0.2) is 32.5 Å². The number of anilines is 1. The SMILES string of the molecule is CNC(=O)c1ccc(NCC(=O)NCc2cccc(OC)c2)cc1Cl. The first-order chi connectivity index (χ1) is 12.0. The molecule has 0 heterocycles. The highest BCUT2D eigenvalue weighted by Gasteiger charge is 2.09. The Labute approximate surface area is 151 Å². The Kier molecular flexibility index (Phi) is 6.65. The van der Waals surface area contributed by atoms with E-state index in [0.717, 1.165) is 11.3 Å². The van der Waals surface area contributed by atoms with Crippen molar-refractivity contribution in [1.29, 1.82) is 0 Å². The molecule has 0 unspecified atom stereocenters. The van der Waals surface area contributed by atoms with Crippen molar-refractivity contribution in [3.63, 3.8) is 0 Å². The molecule has 0 aliphatic heterocycles. The highest BCUT2D eigenvalue weighted by molar-refractivity contribution is 6.34. The van der Waals surface area contributed by atoms with Gasteiger partial charge in [0.2, 0.25) is 5.91 Å². The number of hydrogen-bond donors (Lipinski definition) is 3. The molecule has 0 aliphatic carbocycles. The number of amides is 2. The van der Waals surface area contributed by atoms with Crippen LogP contribution >= 0.6 is 11.6 Å². The fourth-order valence-electron chi connectivity index (χ4n) is 2.17. The second kappa shape index (κ2) is 8.94. The molecule has 0 radical (unpaired) electrons. The second-order valence-electron chi connectivity index (χ2n) is 5.26. The van der Waals surface area contributed by atoms with Crippen LogP contribution in [0.5, 0.6) is 5.75 Å². The summed E-state index contributed by atoms with van der Waals surface area (Å²) in [6, 6.07) is 12.4. The van der Waals surface area contributed by atoms with Crippen molar-refractivity contribution in [3.8, 4) is 5.75 Å². The molecule has 0 saturated heterocycles. The largest absolute Gasteiger partial charge is 0.497 e. The number of carbonyl (C=O) groups is 2. The smallest absolute Gasteiger partial charge is 0.252 e. The van der Waals surface area contributed by atoms with Crippen LogP contribution in [0, 0.1) is 0 Å². The Morgan fingerprint density at radius 1 is 1.16 bits per heavy atom. The summed E-state index contributed by atoms with van der Waals surface area (Å²) >= 11 is 6.07. The predicted octanol–water partition coefficient (Wildman–Crippen LogP) is 2.44. The van der Waals surface area contributed by atoms with E-state index in [4.69, 9.17) is 16.3 Å². The number of halogens is 1. The maximum Gasteiger partial charge on any atom is 0.252 e. The Morgan fingerprint density at radius 2 is 1.96 bits per heavy atom. The van der Waals surface area contributed by atoms with Crippen LogP contribution in [-0.2, 0) is 11.3 Å². The fraction of sp³-hybridized carbons (Fsp3) is 0.222. The van der Waals surface area contributed by atoms with Crippen LogP contribution in [0.2, 0.25) is 5.02 Å². The highest BCUT2D eigenvalue weighted by atomic mass is 35.5. The number of rotatable bonds is 7. The molecular formula is C18H20ClN3O3. The summed E-state index contributed by atoms with van der Waals surface area (Å²) in [5.41, 5.74) is 2.00. The second-order valence-corrected chi connectivity index (χ2v) is 5.66. The molecule has 0 atom stereocenters. The predicted molar refractivity (Wildman–Crippen MR) is 98.2 cm³/mol. The monoisotopic (exact) mass is 361 g/mol. The Hall–Kier alpha value is -2.73. The lowest BCUT2D eigenvalue weighted by molar-refractivity contribution is -0.119. The fourth-order valence-corrected chi connectivity index (χ4v) is 2.44. The third kappa shape index (κ3) is 5.39. The lowest BCUT2D eigenvalue weighted by atomic mass is 10.2. The van der Waals surface area contributed by atoms with Crippen molar-refractivity contribution in [1.82, 2.24) is 10.6 Å². The average molecular weight is 362 g/mol. The van der Waals surface area contributed by atoms with E-state index in [0.29, 0.717) is 22.8 Å². The van der Waals surface area contributed by atoms with Crippen LogP contribution in [0.25, 0.3) is 0 Å². The molecule has 25 heavy (non-hydrogen) atoms. The van der Waals surface area contributed by atoms with E-state index < -0.39 is 0 Å². The minimum Gasteiger partial charge on any atom is -0.497 e. The number of nitrogens with one attached hydrogen (secondary N) is 3. The van der Waals surface area contributed by atoms with Crippen LogP contribution in [0.15, 0.2) is 42.5 Å². The van der Waals surface area contributed by atoms with E-state index in [-0.39, 0.29) is 18.4 Å². The van der Waals surface area contributed by atoms with E-state index in [1.54, 1.807) is 25.3 Å². The Balaban J connectivity index is 1.85. The molecule has 0 saturated carbocycles. The van der Waals surface area contributed by atoms with Gasteiger partial charge in [-0.3, -0.25) is 9.59 Å². The van der Waals surface area contributed by atoms with Crippen molar-refractivity contribution in [2.75, 3.05) is 26.0 Å². The zero-order valence-corrected chi connectivity index (χ0v) is 14.8. The van der Waals surface area contributed by atoms with Crippen LogP contribution < -0.4 is 20.7 Å². The van der Waals surface area contributed by atoms with Gasteiger partial charge in [0.05, 0.1) is 24.2 Å². The molecule has 2 aromatic rings. The Bertz CT molecular complexity index is 765. The van der Waals surface area contributed by atoms with Crippen molar-refractivity contribution in [2.24, 2.45) is 0 Å². The third-order valence-electron chi connectivity index (χ3n) is 3.52. The summed E-state index contributed by atoms with van der Waals surface area (Å²) in [6.45, 7) is 0.508. The average Bonchev–Trinajstić information content (AvgIpc) is 2.64. The molecule has 6 nitrogen and oxygen atoms in total. The highest BCUT2D eigenvalue weighted by Crippen LogP contribution is 2.20. The van der Waals surface area contributed by atoms with Gasteiger partial charge in [-0.15, -0.1) is 0 Å². The number of carbonyl (C=O) groups excluding carboxylic acids is 2. The van der Waals surface area contributed by atoms with Crippen molar-refractivity contribution >= 4 is 29.1 Å². The summed E-state index contributed by atoms with van der Waals surface area (Å²) in [4.78, 5) is 23.5. The standard InChI is InChI=1S/C18H20ClN3O3/c1-20-18(24)15-7-6-13(9-16(15)19)21-11-17(23)22-10-12-4-3-5-14(8-12)25-2/h3-9,21H,10-11H2,1-2H3,(H,20,24)(H,22,23). The van der Waals surface area contributed by atoms with E-state index in [2.05, 4.69) is 16.0 Å². The summed E-state index contributed by atoms with van der Waals surface area (Å²) in [5, 5.41) is 8.63. The lowest BCUT2D eigenvalue weighted by Crippen LogP contribution is -2.29. The van der Waals surface area contributed by atoms with Gasteiger partial charge in [-0.05, 0) is 35.9 Å². The normalized spacial score (nSPS) is 10.0. The topological polar surface area (TPSA) is 79.5 Å². The van der Waals surface area contributed by atoms with Crippen molar-refractivity contribution in [3.05, 3.63) is 58.6 Å². The zero-order chi connectivity index (χ0) is 18.2. The minimum absolute atomic E-state index is 0.0968. The summed E-state index contributed by atoms with van der Waals surface area (Å²) < 4.78 is 5.15.